The minimum Gasteiger partial charge on any atom is -0.497 e. The molecule has 0 spiro atoms. The first-order valence-electron chi connectivity index (χ1n) is 14.9. The van der Waals surface area contributed by atoms with Crippen molar-refractivity contribution in [1.29, 1.82) is 0 Å². The number of amides is 2. The van der Waals surface area contributed by atoms with Gasteiger partial charge in [-0.15, -0.1) is 0 Å². The zero-order valence-corrected chi connectivity index (χ0v) is 28.1. The molecule has 1 aliphatic heterocycles. The fraction of sp³-hybridized carbons (Fsp3) is 0.412. The lowest BCUT2D eigenvalue weighted by Crippen LogP contribution is -2.68. The number of carbonyl (C=O) groups is 2. The molecule has 1 unspecified atom stereocenters. The number of benzene rings is 3. The average molecular weight is 656 g/mol. The lowest BCUT2D eigenvalue weighted by molar-refractivity contribution is -0.164. The van der Waals surface area contributed by atoms with Gasteiger partial charge in [-0.2, -0.15) is 0 Å². The first kappa shape index (κ1) is 34.3. The molecule has 1 fully saturated rings. The molecule has 11 heteroatoms. The van der Waals surface area contributed by atoms with E-state index in [-0.39, 0.29) is 50.0 Å². The predicted molar refractivity (Wildman–Crippen MR) is 176 cm³/mol. The summed E-state index contributed by atoms with van der Waals surface area (Å²) in [7, 11) is -0.609. The van der Waals surface area contributed by atoms with Gasteiger partial charge < -0.3 is 19.3 Å². The molecule has 4 rings (SSSR count). The van der Waals surface area contributed by atoms with E-state index in [0.29, 0.717) is 35.1 Å². The highest BCUT2D eigenvalue weighted by Gasteiger charge is 2.50. The zero-order chi connectivity index (χ0) is 32.8. The first-order valence-corrected chi connectivity index (χ1v) is 17.0. The molecule has 1 heterocycles. The molecule has 0 aromatic heterocycles. The molecular formula is C34H42ClN3O6S. The highest BCUT2D eigenvalue weighted by Crippen LogP contribution is 2.34. The van der Waals surface area contributed by atoms with Gasteiger partial charge in [-0.1, -0.05) is 59.1 Å². The van der Waals surface area contributed by atoms with Crippen LogP contribution in [0, 0.1) is 13.8 Å². The van der Waals surface area contributed by atoms with Crippen molar-refractivity contribution in [2.24, 2.45) is 0 Å². The zero-order valence-electron chi connectivity index (χ0n) is 26.6. The second kappa shape index (κ2) is 14.7. The van der Waals surface area contributed by atoms with E-state index in [1.165, 1.54) is 7.11 Å². The van der Waals surface area contributed by atoms with E-state index in [9.17, 15) is 18.0 Å². The van der Waals surface area contributed by atoms with E-state index >= 15 is 0 Å². The quantitative estimate of drug-likeness (QED) is 0.261. The molecule has 3 aromatic rings. The van der Waals surface area contributed by atoms with E-state index in [1.807, 2.05) is 38.1 Å². The van der Waals surface area contributed by atoms with Crippen LogP contribution in [0.4, 0.5) is 0 Å². The molecule has 45 heavy (non-hydrogen) atoms. The SMILES string of the molecule is COc1ccc(CNS(=O)(=O)CCCN(Cc2ccc(Cl)cc2)C(=O)C2(C)CCN2C(=O)Cc2cc(C)cc(C)c2)c(OC)c1. The lowest BCUT2D eigenvalue weighted by atomic mass is 9.84. The summed E-state index contributed by atoms with van der Waals surface area (Å²) in [6, 6.07) is 18.4. The smallest absolute Gasteiger partial charge is 0.248 e. The third-order valence-corrected chi connectivity index (χ3v) is 9.87. The van der Waals surface area contributed by atoms with Gasteiger partial charge in [0, 0.05) is 42.8 Å². The largest absolute Gasteiger partial charge is 0.497 e. The maximum Gasteiger partial charge on any atom is 0.248 e. The molecule has 1 aliphatic rings. The van der Waals surface area contributed by atoms with Gasteiger partial charge >= 0.3 is 0 Å². The summed E-state index contributed by atoms with van der Waals surface area (Å²) in [6.07, 6.45) is 0.956. The molecular weight excluding hydrogens is 614 g/mol. The average Bonchev–Trinajstić information content (AvgIpc) is 2.98. The van der Waals surface area contributed by atoms with Crippen molar-refractivity contribution in [3.05, 3.63) is 93.5 Å². The summed E-state index contributed by atoms with van der Waals surface area (Å²) in [5.41, 5.74) is 3.61. The van der Waals surface area contributed by atoms with Gasteiger partial charge in [0.05, 0.1) is 26.4 Å². The molecule has 1 saturated heterocycles. The molecule has 9 nitrogen and oxygen atoms in total. The van der Waals surface area contributed by atoms with Crippen molar-refractivity contribution < 1.29 is 27.5 Å². The fourth-order valence-electron chi connectivity index (χ4n) is 5.73. The highest BCUT2D eigenvalue weighted by molar-refractivity contribution is 7.89. The topological polar surface area (TPSA) is 105 Å². The van der Waals surface area contributed by atoms with E-state index in [4.69, 9.17) is 21.1 Å². The molecule has 1 atom stereocenters. The number of rotatable bonds is 14. The van der Waals surface area contributed by atoms with Crippen molar-refractivity contribution in [2.75, 3.05) is 33.1 Å². The molecule has 0 radical (unpaired) electrons. The normalized spacial score (nSPS) is 16.2. The van der Waals surface area contributed by atoms with E-state index in [1.54, 1.807) is 54.2 Å². The summed E-state index contributed by atoms with van der Waals surface area (Å²) in [5.74, 6) is 0.638. The van der Waals surface area contributed by atoms with Gasteiger partial charge in [0.1, 0.15) is 17.0 Å². The van der Waals surface area contributed by atoms with Crippen LogP contribution < -0.4 is 14.2 Å². The summed E-state index contributed by atoms with van der Waals surface area (Å²) < 4.78 is 39.1. The van der Waals surface area contributed by atoms with Gasteiger partial charge in [0.25, 0.3) is 0 Å². The Labute approximate surface area is 271 Å². The van der Waals surface area contributed by atoms with Gasteiger partial charge in [0.15, 0.2) is 0 Å². The maximum atomic E-state index is 14.1. The molecule has 3 aromatic carbocycles. The van der Waals surface area contributed by atoms with Crippen LogP contribution in [-0.2, 0) is 39.1 Å². The maximum absolute atomic E-state index is 14.1. The Bertz CT molecular complexity index is 1610. The summed E-state index contributed by atoms with van der Waals surface area (Å²) in [4.78, 5) is 30.8. The van der Waals surface area contributed by atoms with Crippen molar-refractivity contribution in [3.8, 4) is 11.5 Å². The molecule has 1 N–H and O–H groups in total. The molecule has 0 bridgehead atoms. The third kappa shape index (κ3) is 8.77. The monoisotopic (exact) mass is 655 g/mol. The number of hydrogen-bond acceptors (Lipinski definition) is 6. The van der Waals surface area contributed by atoms with Crippen LogP contribution in [0.3, 0.4) is 0 Å². The number of hydrogen-bond donors (Lipinski definition) is 1. The van der Waals surface area contributed by atoms with Crippen LogP contribution in [-0.4, -0.2) is 68.6 Å². The lowest BCUT2D eigenvalue weighted by Gasteiger charge is -2.51. The van der Waals surface area contributed by atoms with Crippen molar-refractivity contribution in [3.63, 3.8) is 0 Å². The van der Waals surface area contributed by atoms with Gasteiger partial charge in [-0.25, -0.2) is 13.1 Å². The molecule has 242 valence electrons. The number of likely N-dealkylation sites (tertiary alicyclic amines) is 1. The number of methoxy groups -OCH3 is 2. The van der Waals surface area contributed by atoms with Crippen LogP contribution in [0.2, 0.25) is 5.02 Å². The second-order valence-electron chi connectivity index (χ2n) is 11.8. The predicted octanol–water partition coefficient (Wildman–Crippen LogP) is 5.05. The minimum atomic E-state index is -3.67. The Morgan fingerprint density at radius 2 is 1.67 bits per heavy atom. The van der Waals surface area contributed by atoms with Crippen molar-refractivity contribution in [1.82, 2.24) is 14.5 Å². The summed E-state index contributed by atoms with van der Waals surface area (Å²) in [5, 5.41) is 0.580. The minimum absolute atomic E-state index is 0.0541. The summed E-state index contributed by atoms with van der Waals surface area (Å²) in [6.45, 7) is 6.81. The first-order chi connectivity index (χ1) is 21.3. The van der Waals surface area contributed by atoms with Gasteiger partial charge in [-0.05, 0) is 62.9 Å². The number of nitrogens with zero attached hydrogens (tertiary/aromatic N) is 2. The van der Waals surface area contributed by atoms with E-state index < -0.39 is 15.6 Å². The standard InChI is InChI=1S/C34H42ClN3O6S/c1-24-17-25(2)19-27(18-24)20-32(39)38-15-13-34(38,3)33(40)37(23-26-7-10-29(35)11-8-26)14-6-16-45(41,42)36-22-28-9-12-30(43-4)21-31(28)44-5/h7-12,17-19,21,36H,6,13-16,20,22-23H2,1-5H3. The van der Waals surface area contributed by atoms with Crippen LogP contribution >= 0.6 is 11.6 Å². The van der Waals surface area contributed by atoms with E-state index in [2.05, 4.69) is 10.8 Å². The van der Waals surface area contributed by atoms with Crippen molar-refractivity contribution in [2.45, 2.75) is 58.7 Å². The van der Waals surface area contributed by atoms with Crippen LogP contribution in [0.25, 0.3) is 0 Å². The van der Waals surface area contributed by atoms with Crippen LogP contribution in [0.15, 0.2) is 60.7 Å². The van der Waals surface area contributed by atoms with E-state index in [0.717, 1.165) is 22.3 Å². The van der Waals surface area contributed by atoms with Gasteiger partial charge in [-0.3, -0.25) is 9.59 Å². The Morgan fingerprint density at radius 3 is 2.27 bits per heavy atom. The molecule has 2 amide bonds. The number of sulfonamides is 1. The second-order valence-corrected chi connectivity index (χ2v) is 14.1. The third-order valence-electron chi connectivity index (χ3n) is 8.21. The number of carbonyl (C=O) groups excluding carboxylic acids is 2. The molecule has 0 saturated carbocycles. The number of nitrogens with one attached hydrogen (secondary N) is 1. The Hall–Kier alpha value is -3.60. The number of ether oxygens (including phenoxy) is 2. The molecule has 0 aliphatic carbocycles. The summed E-state index contributed by atoms with van der Waals surface area (Å²) >= 11 is 6.08. The number of aryl methyl sites for hydroxylation is 2. The number of halogens is 1. The van der Waals surface area contributed by atoms with Crippen LogP contribution in [0.1, 0.15) is 47.6 Å². The highest BCUT2D eigenvalue weighted by atomic mass is 35.5. The Kier molecular flexibility index (Phi) is 11.2. The Balaban J connectivity index is 1.44. The van der Waals surface area contributed by atoms with Gasteiger partial charge in [0.2, 0.25) is 21.8 Å². The fourth-order valence-corrected chi connectivity index (χ4v) is 6.88. The van der Waals surface area contributed by atoms with Crippen LogP contribution in [0.5, 0.6) is 11.5 Å². The Morgan fingerprint density at radius 1 is 0.978 bits per heavy atom. The van der Waals surface area contributed by atoms with Crippen molar-refractivity contribution >= 4 is 33.4 Å².